The predicted molar refractivity (Wildman–Crippen MR) is 86.7 cm³/mol. The molecule has 1 aromatic carbocycles. The van der Waals surface area contributed by atoms with Gasteiger partial charge in [-0.2, -0.15) is 4.39 Å². The number of H-pyrrole nitrogens is 1. The van der Waals surface area contributed by atoms with Gasteiger partial charge in [0.2, 0.25) is 5.82 Å². The minimum atomic E-state index is -1.36. The Labute approximate surface area is 146 Å². The minimum Gasteiger partial charge on any atom is -0.394 e. The van der Waals surface area contributed by atoms with Crippen LogP contribution < -0.4 is 11.2 Å². The Morgan fingerprint density at radius 2 is 2.12 bits per heavy atom. The van der Waals surface area contributed by atoms with E-state index in [-0.39, 0.29) is 12.8 Å². The number of aliphatic hydroxyl groups is 1. The van der Waals surface area contributed by atoms with E-state index >= 15 is 0 Å². The third kappa shape index (κ3) is 3.38. The van der Waals surface area contributed by atoms with Crippen molar-refractivity contribution in [2.45, 2.75) is 30.8 Å². The lowest BCUT2D eigenvalue weighted by atomic mass is 9.97. The molecule has 2 heterocycles. The molecule has 0 unspecified atom stereocenters. The molecule has 2 aromatic rings. The molecular formula is C16H16ClFN2O5. The van der Waals surface area contributed by atoms with E-state index in [9.17, 15) is 19.1 Å². The second kappa shape index (κ2) is 7.09. The summed E-state index contributed by atoms with van der Waals surface area (Å²) in [7, 11) is 0. The van der Waals surface area contributed by atoms with Gasteiger partial charge in [0.15, 0.2) is 5.72 Å². The lowest BCUT2D eigenvalue weighted by Crippen LogP contribution is -2.46. The van der Waals surface area contributed by atoms with Crippen LogP contribution in [0.5, 0.6) is 0 Å². The zero-order valence-corrected chi connectivity index (χ0v) is 13.8. The molecule has 2 N–H and O–H groups in total. The fourth-order valence-electron chi connectivity index (χ4n) is 3.11. The molecule has 1 aliphatic rings. The maximum atomic E-state index is 13.8. The van der Waals surface area contributed by atoms with Gasteiger partial charge in [0, 0.05) is 12.8 Å². The fraction of sp³-hybridized carbons (Fsp3) is 0.375. The summed E-state index contributed by atoms with van der Waals surface area (Å²) >= 11 is 5.48. The summed E-state index contributed by atoms with van der Waals surface area (Å²) < 4.78 is 25.5. The van der Waals surface area contributed by atoms with Crippen LogP contribution in [-0.2, 0) is 21.2 Å². The van der Waals surface area contributed by atoms with Crippen LogP contribution >= 0.6 is 11.9 Å². The van der Waals surface area contributed by atoms with Crippen molar-refractivity contribution < 1.29 is 18.5 Å². The van der Waals surface area contributed by atoms with Gasteiger partial charge in [-0.25, -0.2) is 4.79 Å². The van der Waals surface area contributed by atoms with E-state index in [0.717, 1.165) is 16.3 Å². The van der Waals surface area contributed by atoms with Crippen molar-refractivity contribution in [3.8, 4) is 0 Å². The third-order valence-corrected chi connectivity index (χ3v) is 4.49. The van der Waals surface area contributed by atoms with Crippen LogP contribution in [0.15, 0.2) is 46.1 Å². The van der Waals surface area contributed by atoms with Gasteiger partial charge in [-0.15, -0.1) is 0 Å². The van der Waals surface area contributed by atoms with Crippen LogP contribution in [0, 0.1) is 5.82 Å². The number of aliphatic hydroxyl groups excluding tert-OH is 1. The van der Waals surface area contributed by atoms with Crippen molar-refractivity contribution in [2.75, 3.05) is 6.61 Å². The smallest absolute Gasteiger partial charge is 0.330 e. The van der Waals surface area contributed by atoms with Crippen LogP contribution in [0.1, 0.15) is 12.0 Å². The number of benzene rings is 1. The van der Waals surface area contributed by atoms with Gasteiger partial charge in [0.1, 0.15) is 12.2 Å². The minimum absolute atomic E-state index is 0.0853. The molecule has 0 radical (unpaired) electrons. The van der Waals surface area contributed by atoms with Crippen molar-refractivity contribution in [2.24, 2.45) is 0 Å². The number of halogens is 2. The molecule has 1 aliphatic heterocycles. The highest BCUT2D eigenvalue weighted by Gasteiger charge is 2.49. The van der Waals surface area contributed by atoms with Gasteiger partial charge < -0.3 is 9.84 Å². The third-order valence-electron chi connectivity index (χ3n) is 4.26. The zero-order chi connectivity index (χ0) is 18.0. The molecule has 0 spiro atoms. The normalized spacial score (nSPS) is 26.0. The molecule has 3 atom stereocenters. The molecule has 25 heavy (non-hydrogen) atoms. The maximum Gasteiger partial charge on any atom is 0.330 e. The lowest BCUT2D eigenvalue weighted by molar-refractivity contribution is -0.118. The standard InChI is InChI=1S/C16H16ClFN2O5/c17-25-12-7-16(24-13(12)9-21,6-10-4-2-1-3-5-10)20-8-11(18)14(22)19-15(20)23/h1-5,8,12-13,21H,6-7,9H2,(H,19,22,23)/t12-,13+,16+/m0/s1. The number of ether oxygens (including phenoxy) is 1. The Hall–Kier alpha value is -2.00. The zero-order valence-electron chi connectivity index (χ0n) is 13.0. The molecule has 1 fully saturated rings. The van der Waals surface area contributed by atoms with Crippen LogP contribution in [0.4, 0.5) is 4.39 Å². The number of hydrogen-bond donors (Lipinski definition) is 2. The van der Waals surface area contributed by atoms with Crippen molar-refractivity contribution in [3.63, 3.8) is 0 Å². The van der Waals surface area contributed by atoms with Gasteiger partial charge in [-0.1, -0.05) is 30.3 Å². The topological polar surface area (TPSA) is 93.6 Å². The summed E-state index contributed by atoms with van der Waals surface area (Å²) in [5.41, 5.74) is -2.49. The summed E-state index contributed by atoms with van der Waals surface area (Å²) in [5, 5.41) is 9.50. The van der Waals surface area contributed by atoms with Crippen LogP contribution in [0.2, 0.25) is 0 Å². The number of rotatable bonds is 5. The van der Waals surface area contributed by atoms with E-state index in [1.165, 1.54) is 0 Å². The molecule has 7 nitrogen and oxygen atoms in total. The van der Waals surface area contributed by atoms with E-state index in [2.05, 4.69) is 0 Å². The van der Waals surface area contributed by atoms with Crippen LogP contribution in [0.25, 0.3) is 0 Å². The average Bonchev–Trinajstić information content (AvgIpc) is 2.97. The van der Waals surface area contributed by atoms with E-state index in [4.69, 9.17) is 20.9 Å². The van der Waals surface area contributed by atoms with Gasteiger partial charge in [0.05, 0.1) is 24.7 Å². The number of aromatic nitrogens is 2. The molecule has 134 valence electrons. The molecule has 1 saturated heterocycles. The Kier molecular flexibility index (Phi) is 5.05. The maximum absolute atomic E-state index is 13.8. The lowest BCUT2D eigenvalue weighted by Gasteiger charge is -2.31. The first-order chi connectivity index (χ1) is 12.0. The molecule has 0 bridgehead atoms. The molecule has 0 amide bonds. The second-order valence-electron chi connectivity index (χ2n) is 5.89. The number of nitrogens with zero attached hydrogens (tertiary/aromatic N) is 1. The molecule has 3 rings (SSSR count). The average molecular weight is 371 g/mol. The van der Waals surface area contributed by atoms with Gasteiger partial charge in [-0.05, 0) is 5.56 Å². The summed E-state index contributed by atoms with van der Waals surface area (Å²) in [6, 6.07) is 9.10. The second-order valence-corrected chi connectivity index (χ2v) is 6.06. The molecule has 0 aliphatic carbocycles. The largest absolute Gasteiger partial charge is 0.394 e. The fourth-order valence-corrected chi connectivity index (χ4v) is 3.29. The predicted octanol–water partition coefficient (Wildman–Crippen LogP) is 0.891. The van der Waals surface area contributed by atoms with Crippen LogP contribution in [-0.4, -0.2) is 33.5 Å². The van der Waals surface area contributed by atoms with Crippen molar-refractivity contribution in [1.29, 1.82) is 0 Å². The Morgan fingerprint density at radius 1 is 1.40 bits per heavy atom. The molecular weight excluding hydrogens is 355 g/mol. The highest BCUT2D eigenvalue weighted by molar-refractivity contribution is 6.07. The first-order valence-electron chi connectivity index (χ1n) is 7.61. The Balaban J connectivity index is 2.12. The molecule has 9 heteroatoms. The van der Waals surface area contributed by atoms with Gasteiger partial charge >= 0.3 is 5.69 Å². The van der Waals surface area contributed by atoms with Gasteiger partial charge in [0.25, 0.3) is 5.56 Å². The van der Waals surface area contributed by atoms with E-state index < -0.39 is 41.6 Å². The summed E-state index contributed by atoms with van der Waals surface area (Å²) in [4.78, 5) is 25.5. The molecule has 1 aromatic heterocycles. The summed E-state index contributed by atoms with van der Waals surface area (Å²) in [5.74, 6) is -1.12. The van der Waals surface area contributed by atoms with Crippen molar-refractivity contribution >= 4 is 11.9 Å². The summed E-state index contributed by atoms with van der Waals surface area (Å²) in [6.07, 6.45) is -0.440. The quantitative estimate of drug-likeness (QED) is 0.815. The number of aromatic amines is 1. The number of hydrogen-bond acceptors (Lipinski definition) is 5. The van der Waals surface area contributed by atoms with Crippen LogP contribution in [0.3, 0.4) is 0 Å². The number of nitrogens with one attached hydrogen (secondary N) is 1. The SMILES string of the molecule is O=c1[nH]c(=O)n([C@@]2(Cc3ccccc3)C[C@H](OCl)[C@@H](CO)O2)cc1F. The van der Waals surface area contributed by atoms with Crippen molar-refractivity contribution in [3.05, 3.63) is 68.7 Å². The van der Waals surface area contributed by atoms with Gasteiger partial charge in [-0.3, -0.25) is 18.6 Å². The van der Waals surface area contributed by atoms with E-state index in [1.54, 1.807) is 0 Å². The Bertz CT molecular complexity index is 842. The monoisotopic (exact) mass is 370 g/mol. The highest BCUT2D eigenvalue weighted by atomic mass is 35.5. The molecule has 0 saturated carbocycles. The van der Waals surface area contributed by atoms with E-state index in [1.807, 2.05) is 35.3 Å². The Morgan fingerprint density at radius 3 is 2.72 bits per heavy atom. The highest BCUT2D eigenvalue weighted by Crippen LogP contribution is 2.39. The van der Waals surface area contributed by atoms with E-state index in [0.29, 0.717) is 0 Å². The summed E-state index contributed by atoms with van der Waals surface area (Å²) in [6.45, 7) is -0.394. The van der Waals surface area contributed by atoms with Crippen molar-refractivity contribution in [1.82, 2.24) is 9.55 Å². The first kappa shape index (κ1) is 17.8. The first-order valence-corrected chi connectivity index (χ1v) is 7.92.